The number of amides is 2. The number of carbonyl (C=O) groups is 2. The van der Waals surface area contributed by atoms with Gasteiger partial charge >= 0.3 is 0 Å². The maximum Gasteiger partial charge on any atom is 0.255 e. The number of aromatic amines is 1. The quantitative estimate of drug-likeness (QED) is 0.565. The van der Waals surface area contributed by atoms with Crippen molar-refractivity contribution in [2.75, 3.05) is 0 Å². The lowest BCUT2D eigenvalue weighted by molar-refractivity contribution is -0.117. The smallest absolute Gasteiger partial charge is 0.255 e. The first-order chi connectivity index (χ1) is 15.1. The molecule has 1 aliphatic rings. The van der Waals surface area contributed by atoms with E-state index in [0.29, 0.717) is 22.5 Å². The first-order valence-corrected chi connectivity index (χ1v) is 10.6. The maximum atomic E-state index is 12.8. The second kappa shape index (κ2) is 8.11. The van der Waals surface area contributed by atoms with Gasteiger partial charge in [0.05, 0.1) is 11.8 Å². The minimum atomic E-state index is -0.215. The summed E-state index contributed by atoms with van der Waals surface area (Å²) >= 11 is 0. The molecule has 1 unspecified atom stereocenters. The molecule has 1 aromatic carbocycles. The molecule has 8 heteroatoms. The van der Waals surface area contributed by atoms with Gasteiger partial charge < -0.3 is 20.4 Å². The van der Waals surface area contributed by atoms with Crippen molar-refractivity contribution in [1.29, 1.82) is 0 Å². The summed E-state index contributed by atoms with van der Waals surface area (Å²) in [6.45, 7) is 9.67. The van der Waals surface area contributed by atoms with Gasteiger partial charge in [-0.05, 0) is 36.5 Å². The first kappa shape index (κ1) is 21.5. The monoisotopic (exact) mass is 433 g/mol. The molecule has 8 nitrogen and oxygen atoms in total. The van der Waals surface area contributed by atoms with E-state index in [2.05, 4.69) is 46.4 Å². The number of rotatable bonds is 5. The largest absolute Gasteiger partial charge is 0.437 e. The molecule has 0 bridgehead atoms. The average Bonchev–Trinajstić information content (AvgIpc) is 3.31. The zero-order valence-corrected chi connectivity index (χ0v) is 18.9. The van der Waals surface area contributed by atoms with E-state index in [1.165, 1.54) is 13.1 Å². The summed E-state index contributed by atoms with van der Waals surface area (Å²) < 4.78 is 5.95. The molecule has 0 saturated carbocycles. The zero-order valence-electron chi connectivity index (χ0n) is 18.9. The van der Waals surface area contributed by atoms with Gasteiger partial charge in [-0.2, -0.15) is 0 Å². The minimum absolute atomic E-state index is 0.0235. The standard InChI is InChI=1S/C24H27N5O3/c1-13(24(3,4)5)27-23(31)18-11-25-22-21(18)29-20(12-26-22)32-16-8-6-15-7-9-19(17(15)10-16)28-14(2)30/h6,8-13H,7H2,1-5H3,(H,25,26)(H,27,31)(H,28,30). The van der Waals surface area contributed by atoms with E-state index in [1.54, 1.807) is 6.20 Å². The molecule has 0 radical (unpaired) electrons. The average molecular weight is 434 g/mol. The molecule has 2 heterocycles. The summed E-state index contributed by atoms with van der Waals surface area (Å²) in [5.41, 5.74) is 4.11. The number of ether oxygens (including phenoxy) is 1. The van der Waals surface area contributed by atoms with Crippen LogP contribution in [0.5, 0.6) is 11.6 Å². The van der Waals surface area contributed by atoms with Crippen LogP contribution in [0.25, 0.3) is 16.9 Å². The molecule has 166 valence electrons. The molecule has 0 spiro atoms. The summed E-state index contributed by atoms with van der Waals surface area (Å²) in [5.74, 6) is 0.509. The third kappa shape index (κ3) is 4.34. The normalized spacial score (nSPS) is 14.0. The first-order valence-electron chi connectivity index (χ1n) is 10.6. The lowest BCUT2D eigenvalue weighted by Crippen LogP contribution is -2.41. The van der Waals surface area contributed by atoms with Crippen LogP contribution in [-0.2, 0) is 11.2 Å². The van der Waals surface area contributed by atoms with Crippen LogP contribution in [0.3, 0.4) is 0 Å². The second-order valence-electron chi connectivity index (χ2n) is 9.09. The summed E-state index contributed by atoms with van der Waals surface area (Å²) in [6.07, 6.45) is 5.85. The zero-order chi connectivity index (χ0) is 23.0. The van der Waals surface area contributed by atoms with Gasteiger partial charge in [-0.3, -0.25) is 9.59 Å². The molecule has 0 saturated heterocycles. The van der Waals surface area contributed by atoms with Gasteiger partial charge in [0.2, 0.25) is 11.8 Å². The molecule has 0 aliphatic heterocycles. The van der Waals surface area contributed by atoms with Crippen LogP contribution in [0, 0.1) is 5.41 Å². The van der Waals surface area contributed by atoms with Gasteiger partial charge in [0.15, 0.2) is 5.65 Å². The van der Waals surface area contributed by atoms with E-state index in [-0.39, 0.29) is 29.2 Å². The van der Waals surface area contributed by atoms with Gasteiger partial charge in [0, 0.05) is 30.4 Å². The summed E-state index contributed by atoms with van der Waals surface area (Å²) in [7, 11) is 0. The minimum Gasteiger partial charge on any atom is -0.437 e. The predicted molar refractivity (Wildman–Crippen MR) is 122 cm³/mol. The number of benzene rings is 1. The molecule has 0 fully saturated rings. The highest BCUT2D eigenvalue weighted by Crippen LogP contribution is 2.31. The fourth-order valence-corrected chi connectivity index (χ4v) is 3.39. The number of nitrogens with zero attached hydrogens (tertiary/aromatic N) is 2. The third-order valence-corrected chi connectivity index (χ3v) is 5.68. The van der Waals surface area contributed by atoms with Crippen molar-refractivity contribution >= 4 is 28.7 Å². The SMILES string of the molecule is CC(=O)NC1=CCc2ccc(Oc3cnc4[nH]cc(C(=O)NC(C)C(C)(C)C)c4n3)cc21. The van der Waals surface area contributed by atoms with E-state index in [4.69, 9.17) is 4.74 Å². The molecule has 3 aromatic rings. The van der Waals surface area contributed by atoms with Crippen molar-refractivity contribution in [2.45, 2.75) is 47.1 Å². The Morgan fingerprint density at radius 3 is 2.75 bits per heavy atom. The van der Waals surface area contributed by atoms with Crippen molar-refractivity contribution in [3.8, 4) is 11.6 Å². The van der Waals surface area contributed by atoms with Crippen molar-refractivity contribution in [3.63, 3.8) is 0 Å². The molecule has 1 atom stereocenters. The molecule has 1 aliphatic carbocycles. The predicted octanol–water partition coefficient (Wildman–Crippen LogP) is 3.95. The number of nitrogens with one attached hydrogen (secondary N) is 3. The highest BCUT2D eigenvalue weighted by atomic mass is 16.5. The Morgan fingerprint density at radius 1 is 1.25 bits per heavy atom. The van der Waals surface area contributed by atoms with Crippen molar-refractivity contribution in [2.24, 2.45) is 5.41 Å². The summed E-state index contributed by atoms with van der Waals surface area (Å²) in [5, 5.41) is 5.87. The molecule has 32 heavy (non-hydrogen) atoms. The molecular formula is C24H27N5O3. The van der Waals surface area contributed by atoms with E-state index in [0.717, 1.165) is 23.2 Å². The van der Waals surface area contributed by atoms with Crippen molar-refractivity contribution < 1.29 is 14.3 Å². The fraction of sp³-hybridized carbons (Fsp3) is 0.333. The lowest BCUT2D eigenvalue weighted by atomic mass is 9.88. The van der Waals surface area contributed by atoms with Gasteiger partial charge in [0.1, 0.15) is 11.3 Å². The number of hydrogen-bond acceptors (Lipinski definition) is 5. The molecule has 2 amide bonds. The Kier molecular flexibility index (Phi) is 5.46. The highest BCUT2D eigenvalue weighted by molar-refractivity contribution is 6.04. The highest BCUT2D eigenvalue weighted by Gasteiger charge is 2.24. The van der Waals surface area contributed by atoms with Crippen molar-refractivity contribution in [1.82, 2.24) is 25.6 Å². The van der Waals surface area contributed by atoms with Gasteiger partial charge in [-0.25, -0.2) is 9.97 Å². The second-order valence-corrected chi connectivity index (χ2v) is 9.09. The van der Waals surface area contributed by atoms with E-state index < -0.39 is 0 Å². The van der Waals surface area contributed by atoms with Gasteiger partial charge in [-0.1, -0.05) is 32.9 Å². The number of H-pyrrole nitrogens is 1. The molecule has 3 N–H and O–H groups in total. The molecule has 2 aromatic heterocycles. The number of fused-ring (bicyclic) bond motifs is 2. The number of carbonyl (C=O) groups excluding carboxylic acids is 2. The van der Waals surface area contributed by atoms with E-state index in [1.807, 2.05) is 31.2 Å². The van der Waals surface area contributed by atoms with E-state index in [9.17, 15) is 9.59 Å². The number of hydrogen-bond donors (Lipinski definition) is 3. The van der Waals surface area contributed by atoms with Crippen LogP contribution in [0.15, 0.2) is 36.7 Å². The summed E-state index contributed by atoms with van der Waals surface area (Å²) in [6, 6.07) is 5.66. The molecular weight excluding hydrogens is 406 g/mol. The molecule has 4 rings (SSSR count). The number of allylic oxidation sites excluding steroid dienone is 1. The van der Waals surface area contributed by atoms with Crippen LogP contribution in [-0.4, -0.2) is 32.8 Å². The fourth-order valence-electron chi connectivity index (χ4n) is 3.39. The third-order valence-electron chi connectivity index (χ3n) is 5.68. The van der Waals surface area contributed by atoms with Crippen molar-refractivity contribution in [3.05, 3.63) is 53.4 Å². The lowest BCUT2D eigenvalue weighted by Gasteiger charge is -2.27. The maximum absolute atomic E-state index is 12.8. The van der Waals surface area contributed by atoms with Gasteiger partial charge in [-0.15, -0.1) is 0 Å². The summed E-state index contributed by atoms with van der Waals surface area (Å²) in [4.78, 5) is 36.1. The Bertz CT molecular complexity index is 1240. The van der Waals surface area contributed by atoms with Crippen LogP contribution >= 0.6 is 0 Å². The van der Waals surface area contributed by atoms with Crippen LogP contribution in [0.4, 0.5) is 0 Å². The Hall–Kier alpha value is -3.68. The topological polar surface area (TPSA) is 109 Å². The Labute approximate surface area is 186 Å². The van der Waals surface area contributed by atoms with E-state index >= 15 is 0 Å². The Morgan fingerprint density at radius 2 is 2.03 bits per heavy atom. The van der Waals surface area contributed by atoms with Crippen LogP contribution < -0.4 is 15.4 Å². The van der Waals surface area contributed by atoms with Crippen LogP contribution in [0.1, 0.15) is 56.1 Å². The van der Waals surface area contributed by atoms with Gasteiger partial charge in [0.25, 0.3) is 5.91 Å². The Balaban J connectivity index is 1.58. The van der Waals surface area contributed by atoms with Crippen LogP contribution in [0.2, 0.25) is 0 Å². The number of aromatic nitrogens is 3.